The normalized spacial score (nSPS) is 12.3. The molecule has 3 aromatic rings. The van der Waals surface area contributed by atoms with Gasteiger partial charge in [0.05, 0.1) is 11.6 Å². The second kappa shape index (κ2) is 8.82. The lowest BCUT2D eigenvalue weighted by atomic mass is 9.98. The van der Waals surface area contributed by atoms with E-state index in [2.05, 4.69) is 5.32 Å². The number of rotatable bonds is 6. The number of carbonyl (C=O) groups excluding carboxylic acids is 1. The Hall–Kier alpha value is -3.28. The summed E-state index contributed by atoms with van der Waals surface area (Å²) in [5.74, 6) is -0.446. The molecule has 1 amide bonds. The van der Waals surface area contributed by atoms with Gasteiger partial charge in [0, 0.05) is 0 Å². The third kappa shape index (κ3) is 5.60. The number of hydrogen-bond donors (Lipinski definition) is 1. The van der Waals surface area contributed by atoms with E-state index < -0.39 is 30.3 Å². The van der Waals surface area contributed by atoms with Gasteiger partial charge >= 0.3 is 6.18 Å². The van der Waals surface area contributed by atoms with Gasteiger partial charge in [-0.3, -0.25) is 4.79 Å². The molecule has 6 heteroatoms. The van der Waals surface area contributed by atoms with Crippen LogP contribution in [0, 0.1) is 6.92 Å². The smallest absolute Gasteiger partial charge is 0.416 e. The maximum atomic E-state index is 12.8. The van der Waals surface area contributed by atoms with Crippen molar-refractivity contribution in [2.24, 2.45) is 0 Å². The average molecular weight is 399 g/mol. The van der Waals surface area contributed by atoms with E-state index in [0.29, 0.717) is 0 Å². The molecular formula is C23H20F3NO2. The molecule has 0 heterocycles. The fourth-order valence-corrected chi connectivity index (χ4v) is 2.88. The van der Waals surface area contributed by atoms with Crippen LogP contribution < -0.4 is 10.1 Å². The van der Waals surface area contributed by atoms with Crippen molar-refractivity contribution < 1.29 is 22.7 Å². The quantitative estimate of drug-likeness (QED) is 0.611. The Morgan fingerprint density at radius 2 is 1.59 bits per heavy atom. The molecule has 1 N–H and O–H groups in total. The van der Waals surface area contributed by atoms with E-state index in [1.807, 2.05) is 61.5 Å². The first kappa shape index (κ1) is 20.5. The number of aryl methyl sites for hydroxylation is 1. The molecular weight excluding hydrogens is 379 g/mol. The number of ether oxygens (including phenoxy) is 1. The Balaban J connectivity index is 1.71. The molecule has 29 heavy (non-hydrogen) atoms. The Morgan fingerprint density at radius 1 is 0.931 bits per heavy atom. The Labute approximate surface area is 167 Å². The molecule has 0 bridgehead atoms. The molecule has 0 radical (unpaired) electrons. The van der Waals surface area contributed by atoms with E-state index >= 15 is 0 Å². The number of hydrogen-bond acceptors (Lipinski definition) is 2. The first-order valence-corrected chi connectivity index (χ1v) is 9.04. The van der Waals surface area contributed by atoms with Gasteiger partial charge in [-0.15, -0.1) is 0 Å². The van der Waals surface area contributed by atoms with Crippen LogP contribution in [0.25, 0.3) is 0 Å². The van der Waals surface area contributed by atoms with Crippen molar-refractivity contribution in [1.82, 2.24) is 5.32 Å². The molecule has 0 aromatic heterocycles. The number of halogens is 3. The monoisotopic (exact) mass is 399 g/mol. The maximum absolute atomic E-state index is 12.8. The van der Waals surface area contributed by atoms with Crippen molar-refractivity contribution in [1.29, 1.82) is 0 Å². The van der Waals surface area contributed by atoms with Crippen molar-refractivity contribution in [3.05, 3.63) is 101 Å². The minimum atomic E-state index is -4.47. The maximum Gasteiger partial charge on any atom is 0.416 e. The third-order valence-electron chi connectivity index (χ3n) is 4.38. The molecule has 0 fully saturated rings. The standard InChI is InChI=1S/C23H20F3NO2/c1-16-10-12-18(13-11-16)22(17-6-3-2-4-7-17)27-21(28)15-29-20-9-5-8-19(14-20)23(24,25)26/h2-14,22H,15H2,1H3,(H,27,28)/t22-/m1/s1. The number of nitrogens with one attached hydrogen (secondary N) is 1. The number of carbonyl (C=O) groups is 1. The van der Waals surface area contributed by atoms with Gasteiger partial charge < -0.3 is 10.1 Å². The van der Waals surface area contributed by atoms with Gasteiger partial charge in [0.25, 0.3) is 5.91 Å². The first-order chi connectivity index (χ1) is 13.8. The molecule has 0 saturated carbocycles. The summed E-state index contributed by atoms with van der Waals surface area (Å²) >= 11 is 0. The van der Waals surface area contributed by atoms with Crippen LogP contribution in [0.3, 0.4) is 0 Å². The van der Waals surface area contributed by atoms with Gasteiger partial charge in [-0.1, -0.05) is 66.2 Å². The molecule has 0 aliphatic heterocycles. The zero-order valence-electron chi connectivity index (χ0n) is 15.7. The van der Waals surface area contributed by atoms with E-state index in [1.165, 1.54) is 12.1 Å². The summed E-state index contributed by atoms with van der Waals surface area (Å²) in [6.45, 7) is 1.58. The summed E-state index contributed by atoms with van der Waals surface area (Å²) in [5.41, 5.74) is 2.06. The highest BCUT2D eigenvalue weighted by Gasteiger charge is 2.30. The fourth-order valence-electron chi connectivity index (χ4n) is 2.88. The van der Waals surface area contributed by atoms with Crippen LogP contribution in [-0.2, 0) is 11.0 Å². The highest BCUT2D eigenvalue weighted by Crippen LogP contribution is 2.31. The highest BCUT2D eigenvalue weighted by atomic mass is 19.4. The van der Waals surface area contributed by atoms with Crippen LogP contribution in [0.5, 0.6) is 5.75 Å². The first-order valence-electron chi connectivity index (χ1n) is 9.04. The lowest BCUT2D eigenvalue weighted by molar-refractivity contribution is -0.137. The van der Waals surface area contributed by atoms with Gasteiger partial charge in [-0.05, 0) is 36.2 Å². The topological polar surface area (TPSA) is 38.3 Å². The number of alkyl halides is 3. The van der Waals surface area contributed by atoms with Gasteiger partial charge in [0.15, 0.2) is 6.61 Å². The van der Waals surface area contributed by atoms with E-state index in [-0.39, 0.29) is 5.75 Å². The molecule has 0 unspecified atom stereocenters. The minimum absolute atomic E-state index is 0.0124. The summed E-state index contributed by atoms with van der Waals surface area (Å²) in [5, 5.41) is 2.90. The van der Waals surface area contributed by atoms with Gasteiger partial charge in [0.2, 0.25) is 0 Å². The van der Waals surface area contributed by atoms with E-state index in [4.69, 9.17) is 4.74 Å². The van der Waals surface area contributed by atoms with E-state index in [0.717, 1.165) is 28.8 Å². The summed E-state index contributed by atoms with van der Waals surface area (Å²) < 4.78 is 43.7. The minimum Gasteiger partial charge on any atom is -0.484 e. The SMILES string of the molecule is Cc1ccc([C@H](NC(=O)COc2cccc(C(F)(F)F)c2)c2ccccc2)cc1. The molecule has 0 aliphatic carbocycles. The van der Waals surface area contributed by atoms with Crippen molar-refractivity contribution in [2.75, 3.05) is 6.61 Å². The number of amides is 1. The van der Waals surface area contributed by atoms with Crippen LogP contribution in [-0.4, -0.2) is 12.5 Å². The predicted molar refractivity (Wildman–Crippen MR) is 105 cm³/mol. The molecule has 3 aromatic carbocycles. The van der Waals surface area contributed by atoms with Crippen LogP contribution in [0.15, 0.2) is 78.9 Å². The Morgan fingerprint density at radius 3 is 2.24 bits per heavy atom. The second-order valence-corrected chi connectivity index (χ2v) is 6.64. The Bertz CT molecular complexity index is 954. The zero-order chi connectivity index (χ0) is 20.9. The molecule has 3 nitrogen and oxygen atoms in total. The molecule has 3 rings (SSSR count). The summed E-state index contributed by atoms with van der Waals surface area (Å²) in [4.78, 5) is 12.5. The van der Waals surface area contributed by atoms with E-state index in [9.17, 15) is 18.0 Å². The lowest BCUT2D eigenvalue weighted by Crippen LogP contribution is -2.33. The molecule has 0 saturated heterocycles. The molecule has 1 atom stereocenters. The van der Waals surface area contributed by atoms with Crippen molar-refractivity contribution in [3.8, 4) is 5.75 Å². The summed E-state index contributed by atoms with van der Waals surface area (Å²) in [7, 11) is 0. The van der Waals surface area contributed by atoms with Gasteiger partial charge in [0.1, 0.15) is 5.75 Å². The van der Waals surface area contributed by atoms with Crippen molar-refractivity contribution >= 4 is 5.91 Å². The van der Waals surface area contributed by atoms with Crippen LogP contribution in [0.4, 0.5) is 13.2 Å². The van der Waals surface area contributed by atoms with Crippen LogP contribution >= 0.6 is 0 Å². The average Bonchev–Trinajstić information content (AvgIpc) is 2.71. The third-order valence-corrected chi connectivity index (χ3v) is 4.38. The number of benzene rings is 3. The predicted octanol–water partition coefficient (Wildman–Crippen LogP) is 5.30. The van der Waals surface area contributed by atoms with Crippen LogP contribution in [0.2, 0.25) is 0 Å². The van der Waals surface area contributed by atoms with Crippen molar-refractivity contribution in [2.45, 2.75) is 19.1 Å². The van der Waals surface area contributed by atoms with Gasteiger partial charge in [-0.2, -0.15) is 13.2 Å². The Kier molecular flexibility index (Phi) is 6.22. The van der Waals surface area contributed by atoms with Crippen molar-refractivity contribution in [3.63, 3.8) is 0 Å². The van der Waals surface area contributed by atoms with Gasteiger partial charge in [-0.25, -0.2) is 0 Å². The zero-order valence-corrected chi connectivity index (χ0v) is 15.7. The summed E-state index contributed by atoms with van der Waals surface area (Å²) in [6, 6.07) is 21.3. The highest BCUT2D eigenvalue weighted by molar-refractivity contribution is 5.78. The largest absolute Gasteiger partial charge is 0.484 e. The molecule has 0 aliphatic rings. The summed E-state index contributed by atoms with van der Waals surface area (Å²) in [6.07, 6.45) is -4.47. The van der Waals surface area contributed by atoms with Crippen LogP contribution in [0.1, 0.15) is 28.3 Å². The second-order valence-electron chi connectivity index (χ2n) is 6.64. The fraction of sp³-hybridized carbons (Fsp3) is 0.174. The lowest BCUT2D eigenvalue weighted by Gasteiger charge is -2.20. The molecule has 150 valence electrons. The van der Waals surface area contributed by atoms with E-state index in [1.54, 1.807) is 0 Å². The molecule has 0 spiro atoms.